The van der Waals surface area contributed by atoms with Crippen LogP contribution in [0.3, 0.4) is 0 Å². The number of rotatable bonds is 6. The Bertz CT molecular complexity index is 567. The highest BCUT2D eigenvalue weighted by Crippen LogP contribution is 2.18. The van der Waals surface area contributed by atoms with Crippen molar-refractivity contribution in [2.24, 2.45) is 24.6 Å². The normalized spacial score (nSPS) is 16.4. The zero-order valence-electron chi connectivity index (χ0n) is 15.3. The molecule has 142 valence electrons. The molecular weight excluding hydrogens is 342 g/mol. The number of halogens is 1. The number of piperidine rings is 1. The average Bonchev–Trinajstić information content (AvgIpc) is 2.98. The van der Waals surface area contributed by atoms with Gasteiger partial charge >= 0.3 is 0 Å². The van der Waals surface area contributed by atoms with E-state index >= 15 is 0 Å². The molecule has 0 spiro atoms. The maximum Gasteiger partial charge on any atom is 0.254 e. The fraction of sp³-hybridized carbons (Fsp3) is 0.706. The first-order chi connectivity index (χ1) is 11.4. The number of likely N-dealkylation sites (tertiary alicyclic amines) is 1. The lowest BCUT2D eigenvalue weighted by atomic mass is 9.95. The van der Waals surface area contributed by atoms with Crippen molar-refractivity contribution in [3.8, 4) is 0 Å². The highest BCUT2D eigenvalue weighted by atomic mass is 35.5. The van der Waals surface area contributed by atoms with Gasteiger partial charge in [0.1, 0.15) is 0 Å². The Kier molecular flexibility index (Phi) is 8.38. The summed E-state index contributed by atoms with van der Waals surface area (Å²) in [6.45, 7) is 6.22. The number of carbonyl (C=O) groups excluding carboxylic acids is 2. The van der Waals surface area contributed by atoms with E-state index < -0.39 is 6.04 Å². The second-order valence-electron chi connectivity index (χ2n) is 7.12. The molecule has 0 bridgehead atoms. The van der Waals surface area contributed by atoms with Crippen molar-refractivity contribution in [2.75, 3.05) is 19.6 Å². The summed E-state index contributed by atoms with van der Waals surface area (Å²) in [6.07, 6.45) is 5.78. The molecule has 0 saturated carbocycles. The summed E-state index contributed by atoms with van der Waals surface area (Å²) in [6, 6.07) is -0.396. The Hall–Kier alpha value is -1.60. The number of hydrogen-bond acceptors (Lipinski definition) is 4. The Morgan fingerprint density at radius 2 is 2.00 bits per heavy atom. The zero-order chi connectivity index (χ0) is 17.7. The summed E-state index contributed by atoms with van der Waals surface area (Å²) in [5, 5.41) is 6.95. The van der Waals surface area contributed by atoms with Gasteiger partial charge in [-0.2, -0.15) is 5.10 Å². The SMILES string of the molecule is CC(C)C[C@H](N)C(=O)N1CCC(CNC(=O)c2cnn(C)c2)CC1.Cl. The monoisotopic (exact) mass is 371 g/mol. The van der Waals surface area contributed by atoms with Gasteiger partial charge in [0.05, 0.1) is 17.8 Å². The third kappa shape index (κ3) is 6.32. The Morgan fingerprint density at radius 1 is 1.36 bits per heavy atom. The van der Waals surface area contributed by atoms with Crippen LogP contribution in [0.2, 0.25) is 0 Å². The van der Waals surface area contributed by atoms with Gasteiger partial charge in [0.25, 0.3) is 5.91 Å². The molecule has 1 atom stereocenters. The van der Waals surface area contributed by atoms with Gasteiger partial charge in [0.2, 0.25) is 5.91 Å². The molecule has 1 aromatic rings. The Labute approximate surface area is 155 Å². The molecule has 2 heterocycles. The van der Waals surface area contributed by atoms with Crippen LogP contribution in [0.4, 0.5) is 0 Å². The fourth-order valence-corrected chi connectivity index (χ4v) is 3.08. The maximum atomic E-state index is 12.3. The molecule has 1 saturated heterocycles. The van der Waals surface area contributed by atoms with Gasteiger partial charge in [0, 0.05) is 32.9 Å². The summed E-state index contributed by atoms with van der Waals surface area (Å²) in [7, 11) is 1.79. The van der Waals surface area contributed by atoms with Crippen LogP contribution in [-0.2, 0) is 11.8 Å². The summed E-state index contributed by atoms with van der Waals surface area (Å²) in [4.78, 5) is 26.2. The van der Waals surface area contributed by atoms with Crippen molar-refractivity contribution in [1.82, 2.24) is 20.0 Å². The average molecular weight is 372 g/mol. The molecule has 7 nitrogen and oxygen atoms in total. The zero-order valence-corrected chi connectivity index (χ0v) is 16.1. The Morgan fingerprint density at radius 3 is 2.52 bits per heavy atom. The molecule has 0 radical (unpaired) electrons. The molecule has 2 rings (SSSR count). The largest absolute Gasteiger partial charge is 0.352 e. The van der Waals surface area contributed by atoms with E-state index in [1.165, 1.54) is 0 Å². The number of nitrogens with two attached hydrogens (primary N) is 1. The number of nitrogens with one attached hydrogen (secondary N) is 1. The van der Waals surface area contributed by atoms with E-state index in [4.69, 9.17) is 5.73 Å². The number of hydrogen-bond donors (Lipinski definition) is 2. The minimum absolute atomic E-state index is 0. The molecular formula is C17H30ClN5O2. The summed E-state index contributed by atoms with van der Waals surface area (Å²) < 4.78 is 1.61. The predicted molar refractivity (Wildman–Crippen MR) is 99.5 cm³/mol. The minimum Gasteiger partial charge on any atom is -0.352 e. The van der Waals surface area contributed by atoms with Gasteiger partial charge in [-0.05, 0) is 31.1 Å². The van der Waals surface area contributed by atoms with Crippen LogP contribution in [0.5, 0.6) is 0 Å². The topological polar surface area (TPSA) is 93.2 Å². The molecule has 0 aliphatic carbocycles. The lowest BCUT2D eigenvalue weighted by molar-refractivity contribution is -0.134. The van der Waals surface area contributed by atoms with E-state index in [-0.39, 0.29) is 24.2 Å². The van der Waals surface area contributed by atoms with Crippen molar-refractivity contribution in [3.63, 3.8) is 0 Å². The maximum absolute atomic E-state index is 12.3. The van der Waals surface area contributed by atoms with Crippen molar-refractivity contribution < 1.29 is 9.59 Å². The fourth-order valence-electron chi connectivity index (χ4n) is 3.08. The number of aromatic nitrogens is 2. The first-order valence-corrected chi connectivity index (χ1v) is 8.68. The van der Waals surface area contributed by atoms with Crippen molar-refractivity contribution in [3.05, 3.63) is 18.0 Å². The van der Waals surface area contributed by atoms with E-state index in [1.54, 1.807) is 24.1 Å². The molecule has 8 heteroatoms. The van der Waals surface area contributed by atoms with E-state index in [1.807, 2.05) is 4.90 Å². The molecule has 25 heavy (non-hydrogen) atoms. The van der Waals surface area contributed by atoms with Crippen LogP contribution >= 0.6 is 12.4 Å². The van der Waals surface area contributed by atoms with Crippen molar-refractivity contribution in [2.45, 2.75) is 39.2 Å². The van der Waals surface area contributed by atoms with E-state index in [0.29, 0.717) is 23.9 Å². The highest BCUT2D eigenvalue weighted by molar-refractivity contribution is 5.93. The van der Waals surface area contributed by atoms with Gasteiger partial charge in [-0.15, -0.1) is 12.4 Å². The molecule has 1 aromatic heterocycles. The minimum atomic E-state index is -0.396. The van der Waals surface area contributed by atoms with E-state index in [2.05, 4.69) is 24.3 Å². The lowest BCUT2D eigenvalue weighted by Crippen LogP contribution is -2.48. The molecule has 1 aliphatic heterocycles. The van der Waals surface area contributed by atoms with Crippen LogP contribution in [0.15, 0.2) is 12.4 Å². The number of nitrogens with zero attached hydrogens (tertiary/aromatic N) is 3. The van der Waals surface area contributed by atoms with Gasteiger partial charge in [-0.1, -0.05) is 13.8 Å². The van der Waals surface area contributed by atoms with E-state index in [9.17, 15) is 9.59 Å². The first-order valence-electron chi connectivity index (χ1n) is 8.68. The van der Waals surface area contributed by atoms with Gasteiger partial charge in [-0.25, -0.2) is 0 Å². The number of carbonyl (C=O) groups is 2. The third-order valence-electron chi connectivity index (χ3n) is 4.49. The van der Waals surface area contributed by atoms with E-state index in [0.717, 1.165) is 32.4 Å². The summed E-state index contributed by atoms with van der Waals surface area (Å²) in [5.74, 6) is 0.780. The van der Waals surface area contributed by atoms with Crippen LogP contribution in [0, 0.1) is 11.8 Å². The standard InChI is InChI=1S/C17H29N5O2.ClH/c1-12(2)8-15(18)17(24)22-6-4-13(5-7-22)9-19-16(23)14-10-20-21(3)11-14;/h10-13,15H,4-9,18H2,1-3H3,(H,19,23);1H/t15-;/m0./s1. The molecule has 3 N–H and O–H groups in total. The number of aryl methyl sites for hydroxylation is 1. The lowest BCUT2D eigenvalue weighted by Gasteiger charge is -2.33. The quantitative estimate of drug-likeness (QED) is 0.785. The van der Waals surface area contributed by atoms with Crippen LogP contribution in [0.25, 0.3) is 0 Å². The second-order valence-corrected chi connectivity index (χ2v) is 7.12. The van der Waals surface area contributed by atoms with Crippen molar-refractivity contribution in [1.29, 1.82) is 0 Å². The highest BCUT2D eigenvalue weighted by Gasteiger charge is 2.26. The second kappa shape index (κ2) is 9.77. The molecule has 1 aliphatic rings. The molecule has 1 fully saturated rings. The van der Waals surface area contributed by atoms with Gasteiger partial charge < -0.3 is 16.0 Å². The Balaban J connectivity index is 0.00000312. The molecule has 2 amide bonds. The van der Waals surface area contributed by atoms with Gasteiger partial charge in [-0.3, -0.25) is 14.3 Å². The smallest absolute Gasteiger partial charge is 0.254 e. The third-order valence-corrected chi connectivity index (χ3v) is 4.49. The predicted octanol–water partition coefficient (Wildman–Crippen LogP) is 1.18. The van der Waals surface area contributed by atoms with Crippen LogP contribution in [0.1, 0.15) is 43.5 Å². The van der Waals surface area contributed by atoms with Crippen molar-refractivity contribution >= 4 is 24.2 Å². The van der Waals surface area contributed by atoms with Crippen LogP contribution < -0.4 is 11.1 Å². The summed E-state index contributed by atoms with van der Waals surface area (Å²) >= 11 is 0. The summed E-state index contributed by atoms with van der Waals surface area (Å²) in [5.41, 5.74) is 6.57. The van der Waals surface area contributed by atoms with Gasteiger partial charge in [0.15, 0.2) is 0 Å². The molecule has 0 aromatic carbocycles. The number of amides is 2. The van der Waals surface area contributed by atoms with Crippen LogP contribution in [-0.4, -0.2) is 52.2 Å². The first kappa shape index (κ1) is 21.4. The molecule has 0 unspecified atom stereocenters.